The fourth-order valence-corrected chi connectivity index (χ4v) is 3.37. The summed E-state index contributed by atoms with van der Waals surface area (Å²) < 4.78 is 59.4. The summed E-state index contributed by atoms with van der Waals surface area (Å²) in [5.41, 5.74) is -1.25. The Morgan fingerprint density at radius 2 is 1.69 bits per heavy atom. The molecule has 2 aromatic carbocycles. The first kappa shape index (κ1) is 24.1. The van der Waals surface area contributed by atoms with Crippen LogP contribution in [0.3, 0.4) is 0 Å². The van der Waals surface area contributed by atoms with E-state index in [9.17, 15) is 22.8 Å². The first-order valence-electron chi connectivity index (χ1n) is 10.7. The fraction of sp³-hybridized carbons (Fsp3) is 0.292. The van der Waals surface area contributed by atoms with E-state index >= 15 is 0 Å². The number of hydrogen-bond acceptors (Lipinski definition) is 6. The molecule has 3 aromatic rings. The van der Waals surface area contributed by atoms with Gasteiger partial charge in [-0.3, -0.25) is 9.47 Å². The molecule has 11 heteroatoms. The van der Waals surface area contributed by atoms with Gasteiger partial charge in [0.15, 0.2) is 17.4 Å². The lowest BCUT2D eigenvalue weighted by Crippen LogP contribution is -2.36. The van der Waals surface area contributed by atoms with E-state index in [0.717, 1.165) is 24.3 Å². The van der Waals surface area contributed by atoms with Gasteiger partial charge < -0.3 is 14.2 Å². The zero-order valence-electron chi connectivity index (χ0n) is 19.2. The molecule has 0 fully saturated rings. The molecule has 8 nitrogen and oxygen atoms in total. The highest BCUT2D eigenvalue weighted by Crippen LogP contribution is 2.30. The van der Waals surface area contributed by atoms with Crippen molar-refractivity contribution < 1.29 is 32.2 Å². The summed E-state index contributed by atoms with van der Waals surface area (Å²) in [6, 6.07) is 8.09. The standard InChI is InChI=1S/C24H22F3N3O5/c1-24(2,3)35-23(32)30-9-8-29-20(30)12-19(28-22(29)31)33-13-14-10-17(26)21(18(27)11-14)34-16-6-4-15(25)5-7-16/h4-7,10-12H,8-9,13H2,1-3H3. The van der Waals surface area contributed by atoms with Crippen LogP contribution in [0.15, 0.2) is 47.3 Å². The lowest BCUT2D eigenvalue weighted by atomic mass is 10.2. The maximum absolute atomic E-state index is 14.5. The number of aromatic nitrogens is 2. The van der Waals surface area contributed by atoms with Crippen molar-refractivity contribution in [1.29, 1.82) is 0 Å². The van der Waals surface area contributed by atoms with Crippen molar-refractivity contribution in [3.05, 3.63) is 76.0 Å². The zero-order valence-corrected chi connectivity index (χ0v) is 19.2. The predicted molar refractivity (Wildman–Crippen MR) is 119 cm³/mol. The summed E-state index contributed by atoms with van der Waals surface area (Å²) in [5, 5.41) is 0. The number of rotatable bonds is 5. The minimum absolute atomic E-state index is 0.0607. The van der Waals surface area contributed by atoms with E-state index in [0.29, 0.717) is 0 Å². The molecule has 0 spiro atoms. The van der Waals surface area contributed by atoms with Crippen LogP contribution in [0.25, 0.3) is 0 Å². The van der Waals surface area contributed by atoms with Crippen LogP contribution in [0.1, 0.15) is 26.3 Å². The number of fused-ring (bicyclic) bond motifs is 1. The van der Waals surface area contributed by atoms with Crippen LogP contribution >= 0.6 is 0 Å². The zero-order chi connectivity index (χ0) is 25.3. The summed E-state index contributed by atoms with van der Waals surface area (Å²) in [4.78, 5) is 30.0. The highest BCUT2D eigenvalue weighted by atomic mass is 19.1. The number of carbonyl (C=O) groups excluding carboxylic acids is 1. The molecular weight excluding hydrogens is 467 g/mol. The summed E-state index contributed by atoms with van der Waals surface area (Å²) in [7, 11) is 0. The maximum Gasteiger partial charge on any atom is 0.416 e. The summed E-state index contributed by atoms with van der Waals surface area (Å²) >= 11 is 0. The monoisotopic (exact) mass is 489 g/mol. The second-order valence-corrected chi connectivity index (χ2v) is 8.75. The number of carbonyl (C=O) groups is 1. The van der Waals surface area contributed by atoms with Crippen molar-refractivity contribution in [2.45, 2.75) is 39.5 Å². The lowest BCUT2D eigenvalue weighted by Gasteiger charge is -2.24. The summed E-state index contributed by atoms with van der Waals surface area (Å²) in [6.45, 7) is 5.33. The molecule has 2 heterocycles. The van der Waals surface area contributed by atoms with Crippen LogP contribution in [0.4, 0.5) is 23.8 Å². The van der Waals surface area contributed by atoms with E-state index in [-0.39, 0.29) is 42.7 Å². The van der Waals surface area contributed by atoms with Gasteiger partial charge in [-0.1, -0.05) is 0 Å². The Balaban J connectivity index is 1.49. The average molecular weight is 489 g/mol. The molecular formula is C24H22F3N3O5. The van der Waals surface area contributed by atoms with Crippen molar-refractivity contribution in [2.75, 3.05) is 11.4 Å². The van der Waals surface area contributed by atoms with Crippen molar-refractivity contribution in [1.82, 2.24) is 9.55 Å². The Labute approximate surface area is 198 Å². The average Bonchev–Trinajstić information content (AvgIpc) is 3.20. The normalized spacial score (nSPS) is 12.9. The second kappa shape index (κ2) is 9.32. The Morgan fingerprint density at radius 1 is 1.03 bits per heavy atom. The Morgan fingerprint density at radius 3 is 2.31 bits per heavy atom. The van der Waals surface area contributed by atoms with Crippen LogP contribution in [0.5, 0.6) is 17.4 Å². The number of benzene rings is 2. The highest BCUT2D eigenvalue weighted by Gasteiger charge is 2.30. The van der Waals surface area contributed by atoms with E-state index in [4.69, 9.17) is 14.2 Å². The molecule has 0 aliphatic carbocycles. The van der Waals surface area contributed by atoms with Crippen LogP contribution in [0.2, 0.25) is 0 Å². The number of nitrogens with zero attached hydrogens (tertiary/aromatic N) is 3. The van der Waals surface area contributed by atoms with E-state index < -0.39 is 40.6 Å². The fourth-order valence-electron chi connectivity index (χ4n) is 3.37. The minimum Gasteiger partial charge on any atom is -0.473 e. The molecule has 184 valence electrons. The largest absolute Gasteiger partial charge is 0.473 e. The lowest BCUT2D eigenvalue weighted by molar-refractivity contribution is 0.0584. The van der Waals surface area contributed by atoms with Crippen LogP contribution in [-0.2, 0) is 17.9 Å². The highest BCUT2D eigenvalue weighted by molar-refractivity contribution is 5.87. The number of hydrogen-bond donors (Lipinski definition) is 0. The van der Waals surface area contributed by atoms with Gasteiger partial charge in [-0.2, -0.15) is 4.98 Å². The molecule has 35 heavy (non-hydrogen) atoms. The Bertz CT molecular complexity index is 1300. The van der Waals surface area contributed by atoms with Gasteiger partial charge in [0.05, 0.1) is 0 Å². The maximum atomic E-state index is 14.5. The molecule has 1 amide bonds. The first-order chi connectivity index (χ1) is 16.5. The molecule has 0 saturated heterocycles. The molecule has 1 aliphatic rings. The molecule has 0 radical (unpaired) electrons. The van der Waals surface area contributed by atoms with E-state index in [1.807, 2.05) is 0 Å². The van der Waals surface area contributed by atoms with E-state index in [2.05, 4.69) is 4.98 Å². The molecule has 1 aliphatic heterocycles. The number of halogens is 3. The molecule has 0 N–H and O–H groups in total. The first-order valence-corrected chi connectivity index (χ1v) is 10.7. The molecule has 0 atom stereocenters. The third kappa shape index (κ3) is 5.56. The minimum atomic E-state index is -0.994. The topological polar surface area (TPSA) is 82.9 Å². The molecule has 0 saturated carbocycles. The van der Waals surface area contributed by atoms with Gasteiger partial charge in [0, 0.05) is 19.2 Å². The predicted octanol–water partition coefficient (Wildman–Crippen LogP) is 4.79. The summed E-state index contributed by atoms with van der Waals surface area (Å²) in [5.74, 6) is -2.97. The van der Waals surface area contributed by atoms with Gasteiger partial charge >= 0.3 is 11.8 Å². The molecule has 0 bridgehead atoms. The Kier molecular flexibility index (Phi) is 6.42. The molecule has 0 unspecified atom stereocenters. The SMILES string of the molecule is CC(C)(C)OC(=O)N1CCn2c1cc(OCc1cc(F)c(Oc3ccc(F)cc3)c(F)c1)nc2=O. The second-order valence-electron chi connectivity index (χ2n) is 8.75. The number of amides is 1. The van der Waals surface area contributed by atoms with Crippen molar-refractivity contribution in [2.24, 2.45) is 0 Å². The quantitative estimate of drug-likeness (QED) is 0.513. The van der Waals surface area contributed by atoms with Crippen molar-refractivity contribution in [3.8, 4) is 17.4 Å². The smallest absolute Gasteiger partial charge is 0.416 e. The van der Waals surface area contributed by atoms with Gasteiger partial charge in [-0.05, 0) is 62.7 Å². The van der Waals surface area contributed by atoms with Gasteiger partial charge in [0.2, 0.25) is 5.88 Å². The molecule has 1 aromatic heterocycles. The van der Waals surface area contributed by atoms with Gasteiger partial charge in [-0.15, -0.1) is 0 Å². The Hall–Kier alpha value is -4.02. The third-order valence-corrected chi connectivity index (χ3v) is 4.88. The van der Waals surface area contributed by atoms with Gasteiger partial charge in [-0.25, -0.2) is 22.8 Å². The summed E-state index contributed by atoms with van der Waals surface area (Å²) in [6.07, 6.45) is -0.624. The van der Waals surface area contributed by atoms with Crippen molar-refractivity contribution >= 4 is 11.9 Å². The van der Waals surface area contributed by atoms with Gasteiger partial charge in [0.25, 0.3) is 0 Å². The van der Waals surface area contributed by atoms with Crippen LogP contribution in [-0.4, -0.2) is 27.8 Å². The number of ether oxygens (including phenoxy) is 3. The van der Waals surface area contributed by atoms with Gasteiger partial charge in [0.1, 0.15) is 29.6 Å². The van der Waals surface area contributed by atoms with Crippen LogP contribution in [0, 0.1) is 17.5 Å². The van der Waals surface area contributed by atoms with Crippen LogP contribution < -0.4 is 20.1 Å². The number of anilines is 1. The van der Waals surface area contributed by atoms with E-state index in [1.54, 1.807) is 20.8 Å². The molecule has 4 rings (SSSR count). The van der Waals surface area contributed by atoms with E-state index in [1.165, 1.54) is 27.7 Å². The van der Waals surface area contributed by atoms with Crippen molar-refractivity contribution in [3.63, 3.8) is 0 Å². The third-order valence-electron chi connectivity index (χ3n) is 4.88.